The van der Waals surface area contributed by atoms with Crippen LogP contribution >= 0.6 is 0 Å². The van der Waals surface area contributed by atoms with Crippen LogP contribution in [0.3, 0.4) is 0 Å². The Morgan fingerprint density at radius 1 is 1.00 bits per heavy atom. The number of anilines is 1. The molecule has 8 nitrogen and oxygen atoms in total. The molecule has 1 unspecified atom stereocenters. The molecule has 0 saturated carbocycles. The number of halogens is 1. The molecule has 3 heterocycles. The Hall–Kier alpha value is -3.62. The third-order valence-electron chi connectivity index (χ3n) is 7.27. The van der Waals surface area contributed by atoms with Gasteiger partial charge in [0.15, 0.2) is 0 Å². The molecule has 9 heteroatoms. The zero-order valence-corrected chi connectivity index (χ0v) is 20.7. The van der Waals surface area contributed by atoms with E-state index in [9.17, 15) is 14.0 Å². The fraction of sp³-hybridized carbons (Fsp3) is 0.444. The van der Waals surface area contributed by atoms with Gasteiger partial charge >= 0.3 is 6.03 Å². The summed E-state index contributed by atoms with van der Waals surface area (Å²) >= 11 is 0. The summed E-state index contributed by atoms with van der Waals surface area (Å²) in [5, 5.41) is 11.2. The molecule has 0 aliphatic carbocycles. The lowest BCUT2D eigenvalue weighted by Gasteiger charge is -2.38. The van der Waals surface area contributed by atoms with Gasteiger partial charge in [-0.15, -0.1) is 0 Å². The Morgan fingerprint density at radius 3 is 2.44 bits per heavy atom. The third-order valence-corrected chi connectivity index (χ3v) is 7.27. The Kier molecular flexibility index (Phi) is 7.06. The average Bonchev–Trinajstić information content (AvgIpc) is 3.38. The predicted molar refractivity (Wildman–Crippen MR) is 137 cm³/mol. The fourth-order valence-corrected chi connectivity index (χ4v) is 5.26. The normalized spacial score (nSPS) is 17.3. The molecule has 2 aromatic carbocycles. The van der Waals surface area contributed by atoms with E-state index in [1.165, 1.54) is 12.1 Å². The second-order valence-corrected chi connectivity index (χ2v) is 9.79. The lowest BCUT2D eigenvalue weighted by Crippen LogP contribution is -2.57. The zero-order chi connectivity index (χ0) is 25.1. The van der Waals surface area contributed by atoms with Crippen LogP contribution in [0.2, 0.25) is 0 Å². The molecule has 3 aromatic rings. The molecule has 0 radical (unpaired) electrons. The highest BCUT2D eigenvalue weighted by molar-refractivity contribution is 5.88. The molecule has 0 bridgehead atoms. The highest BCUT2D eigenvalue weighted by Gasteiger charge is 2.30. The van der Waals surface area contributed by atoms with Gasteiger partial charge in [0.05, 0.1) is 11.7 Å². The molecule has 2 N–H and O–H groups in total. The zero-order valence-electron chi connectivity index (χ0n) is 20.7. The van der Waals surface area contributed by atoms with Gasteiger partial charge in [0.25, 0.3) is 0 Å². The first-order valence-electron chi connectivity index (χ1n) is 12.8. The number of hydrogen-bond acceptors (Lipinski definition) is 4. The van der Waals surface area contributed by atoms with Gasteiger partial charge in [-0.1, -0.05) is 6.07 Å². The van der Waals surface area contributed by atoms with Gasteiger partial charge in [0.1, 0.15) is 11.9 Å². The summed E-state index contributed by atoms with van der Waals surface area (Å²) in [5.41, 5.74) is 3.98. The van der Waals surface area contributed by atoms with Crippen LogP contribution in [0.1, 0.15) is 30.4 Å². The van der Waals surface area contributed by atoms with Crippen LogP contribution in [0.25, 0.3) is 10.9 Å². The van der Waals surface area contributed by atoms with Crippen molar-refractivity contribution < 1.29 is 14.0 Å². The number of urea groups is 1. The first kappa shape index (κ1) is 24.1. The number of carbonyl (C=O) groups excluding carboxylic acids is 2. The van der Waals surface area contributed by atoms with Crippen molar-refractivity contribution in [3.63, 3.8) is 0 Å². The summed E-state index contributed by atoms with van der Waals surface area (Å²) in [4.78, 5) is 32.6. The van der Waals surface area contributed by atoms with E-state index in [0.717, 1.165) is 60.1 Å². The second-order valence-electron chi connectivity index (χ2n) is 9.79. The summed E-state index contributed by atoms with van der Waals surface area (Å²) in [6, 6.07) is 9.72. The van der Waals surface area contributed by atoms with E-state index in [4.69, 9.17) is 0 Å². The number of carbonyl (C=O) groups is 2. The molecule has 2 aliphatic heterocycles. The highest BCUT2D eigenvalue weighted by atomic mass is 19.1. The van der Waals surface area contributed by atoms with E-state index in [2.05, 4.69) is 26.5 Å². The van der Waals surface area contributed by atoms with E-state index in [1.54, 1.807) is 18.3 Å². The van der Waals surface area contributed by atoms with Gasteiger partial charge in [0.2, 0.25) is 5.91 Å². The van der Waals surface area contributed by atoms with Crippen LogP contribution in [-0.4, -0.2) is 77.2 Å². The highest BCUT2D eigenvalue weighted by Crippen LogP contribution is 2.21. The molecule has 190 valence electrons. The number of aromatic nitrogens is 2. The number of likely N-dealkylation sites (tertiary alicyclic amines) is 1. The predicted octanol–water partition coefficient (Wildman–Crippen LogP) is 3.47. The van der Waals surface area contributed by atoms with Crippen LogP contribution in [-0.2, 0) is 11.2 Å². The molecular formula is C27H33FN6O2. The maximum absolute atomic E-state index is 13.7. The van der Waals surface area contributed by atoms with E-state index in [1.807, 2.05) is 22.8 Å². The first-order chi connectivity index (χ1) is 17.5. The molecule has 2 aliphatic rings. The molecule has 5 rings (SSSR count). The Bertz CT molecular complexity index is 1210. The van der Waals surface area contributed by atoms with E-state index < -0.39 is 6.04 Å². The number of fused-ring (bicyclic) bond motifs is 1. The number of rotatable bonds is 5. The van der Waals surface area contributed by atoms with Gasteiger partial charge in [-0.2, -0.15) is 5.10 Å². The standard InChI is InChI=1S/C27H33FN6O2/c1-19-15-20(16-21-18-29-31-25(19)21)17-24(30-27(36)34-9-3-2-4-10-34)26(35)33-13-11-32(12-14-33)23-7-5-22(28)6-8-23/h5-8,15-16,18,24H,2-4,9-14,17H2,1H3,(H,29,31)(H,30,36). The van der Waals surface area contributed by atoms with Crippen LogP contribution in [0.5, 0.6) is 0 Å². The summed E-state index contributed by atoms with van der Waals surface area (Å²) in [6.45, 7) is 5.88. The number of piperazine rings is 1. The third kappa shape index (κ3) is 5.29. The fourth-order valence-electron chi connectivity index (χ4n) is 5.26. The van der Waals surface area contributed by atoms with Crippen molar-refractivity contribution in [3.8, 4) is 0 Å². The number of H-pyrrole nitrogens is 1. The Labute approximate surface area is 210 Å². The van der Waals surface area contributed by atoms with Crippen molar-refractivity contribution in [2.24, 2.45) is 0 Å². The minimum absolute atomic E-state index is 0.0657. The molecule has 1 aromatic heterocycles. The second kappa shape index (κ2) is 10.6. The van der Waals surface area contributed by atoms with Crippen molar-refractivity contribution in [1.82, 2.24) is 25.3 Å². The van der Waals surface area contributed by atoms with Crippen LogP contribution < -0.4 is 10.2 Å². The van der Waals surface area contributed by atoms with Gasteiger partial charge in [-0.3, -0.25) is 9.89 Å². The number of nitrogens with zero attached hydrogens (tertiary/aromatic N) is 4. The van der Waals surface area contributed by atoms with Crippen molar-refractivity contribution in [3.05, 3.63) is 59.5 Å². The number of benzene rings is 2. The topological polar surface area (TPSA) is 84.6 Å². The van der Waals surface area contributed by atoms with Gasteiger partial charge in [-0.25, -0.2) is 9.18 Å². The van der Waals surface area contributed by atoms with E-state index in [-0.39, 0.29) is 17.8 Å². The number of aromatic amines is 1. The minimum Gasteiger partial charge on any atom is -0.368 e. The van der Waals surface area contributed by atoms with Crippen LogP contribution in [0.4, 0.5) is 14.9 Å². The van der Waals surface area contributed by atoms with E-state index in [0.29, 0.717) is 32.6 Å². The SMILES string of the molecule is Cc1cc(CC(NC(=O)N2CCCCC2)C(=O)N2CCN(c3ccc(F)cc3)CC2)cc2cn[nH]c12. The molecular weight excluding hydrogens is 459 g/mol. The maximum Gasteiger partial charge on any atom is 0.318 e. The summed E-state index contributed by atoms with van der Waals surface area (Å²) in [6.07, 6.45) is 5.32. The smallest absolute Gasteiger partial charge is 0.318 e. The number of hydrogen-bond donors (Lipinski definition) is 2. The Balaban J connectivity index is 1.31. The number of piperidine rings is 1. The van der Waals surface area contributed by atoms with Gasteiger partial charge in [0, 0.05) is 56.8 Å². The van der Waals surface area contributed by atoms with Crippen molar-refractivity contribution in [2.45, 2.75) is 38.6 Å². The molecule has 0 spiro atoms. The summed E-state index contributed by atoms with van der Waals surface area (Å²) < 4.78 is 13.3. The van der Waals surface area contributed by atoms with E-state index >= 15 is 0 Å². The molecule has 3 amide bonds. The molecule has 1 atom stereocenters. The van der Waals surface area contributed by atoms with Crippen molar-refractivity contribution >= 4 is 28.5 Å². The number of aryl methyl sites for hydroxylation is 1. The van der Waals surface area contributed by atoms with Gasteiger partial charge < -0.3 is 20.0 Å². The first-order valence-corrected chi connectivity index (χ1v) is 12.8. The molecule has 2 fully saturated rings. The Morgan fingerprint density at radius 2 is 1.72 bits per heavy atom. The minimum atomic E-state index is -0.652. The quantitative estimate of drug-likeness (QED) is 0.571. The lowest BCUT2D eigenvalue weighted by atomic mass is 10.00. The van der Waals surface area contributed by atoms with Crippen molar-refractivity contribution in [1.29, 1.82) is 0 Å². The largest absolute Gasteiger partial charge is 0.368 e. The van der Waals surface area contributed by atoms with Crippen molar-refractivity contribution in [2.75, 3.05) is 44.2 Å². The molecule has 2 saturated heterocycles. The lowest BCUT2D eigenvalue weighted by molar-refractivity contribution is -0.133. The number of amides is 3. The monoisotopic (exact) mass is 492 g/mol. The maximum atomic E-state index is 13.7. The summed E-state index contributed by atoms with van der Waals surface area (Å²) in [7, 11) is 0. The summed E-state index contributed by atoms with van der Waals surface area (Å²) in [5.74, 6) is -0.326. The number of nitrogens with one attached hydrogen (secondary N) is 2. The average molecular weight is 493 g/mol. The molecule has 36 heavy (non-hydrogen) atoms. The van der Waals surface area contributed by atoms with Crippen LogP contribution in [0.15, 0.2) is 42.6 Å². The van der Waals surface area contributed by atoms with Gasteiger partial charge in [-0.05, 0) is 67.6 Å². The van der Waals surface area contributed by atoms with Crippen LogP contribution in [0, 0.1) is 12.7 Å².